The number of aldehydes is 1. The van der Waals surface area contributed by atoms with Gasteiger partial charge in [0.1, 0.15) is 5.69 Å². The van der Waals surface area contributed by atoms with Gasteiger partial charge in [0.05, 0.1) is 17.3 Å². The summed E-state index contributed by atoms with van der Waals surface area (Å²) < 4.78 is 6.54. The van der Waals surface area contributed by atoms with E-state index in [9.17, 15) is 9.59 Å². The lowest BCUT2D eigenvalue weighted by molar-refractivity contribution is -0.157. The van der Waals surface area contributed by atoms with Crippen molar-refractivity contribution in [3.63, 3.8) is 0 Å². The number of pyridine rings is 1. The second-order valence-corrected chi connectivity index (χ2v) is 5.55. The zero-order valence-electron chi connectivity index (χ0n) is 12.1. The van der Waals surface area contributed by atoms with Gasteiger partial charge in [0.15, 0.2) is 13.0 Å². The third-order valence-electron chi connectivity index (χ3n) is 2.66. The molecule has 2 aromatic rings. The SMILES string of the molecule is CC(C)(C)C(=O)OCn1cc(-c2ccc(C=O)cn2)nn1. The van der Waals surface area contributed by atoms with E-state index in [-0.39, 0.29) is 12.7 Å². The van der Waals surface area contributed by atoms with Crippen LogP contribution in [-0.2, 0) is 16.3 Å². The normalized spacial score (nSPS) is 11.2. The number of rotatable bonds is 4. The average molecular weight is 288 g/mol. The van der Waals surface area contributed by atoms with Gasteiger partial charge in [-0.25, -0.2) is 4.68 Å². The average Bonchev–Trinajstić information content (AvgIpc) is 2.92. The van der Waals surface area contributed by atoms with E-state index in [1.165, 1.54) is 10.9 Å². The molecule has 0 N–H and O–H groups in total. The summed E-state index contributed by atoms with van der Waals surface area (Å²) >= 11 is 0. The van der Waals surface area contributed by atoms with Gasteiger partial charge in [0.2, 0.25) is 0 Å². The summed E-state index contributed by atoms with van der Waals surface area (Å²) in [6.07, 6.45) is 3.80. The van der Waals surface area contributed by atoms with Gasteiger partial charge in [-0.15, -0.1) is 5.10 Å². The number of aromatic nitrogens is 4. The van der Waals surface area contributed by atoms with Crippen LogP contribution in [-0.4, -0.2) is 32.2 Å². The van der Waals surface area contributed by atoms with Crippen LogP contribution in [0.25, 0.3) is 11.4 Å². The van der Waals surface area contributed by atoms with Crippen molar-refractivity contribution in [2.75, 3.05) is 0 Å². The zero-order valence-corrected chi connectivity index (χ0v) is 12.1. The minimum absolute atomic E-state index is 0.00444. The van der Waals surface area contributed by atoms with Gasteiger partial charge in [-0.3, -0.25) is 14.6 Å². The topological polar surface area (TPSA) is 87.0 Å². The van der Waals surface area contributed by atoms with E-state index in [0.717, 1.165) is 6.29 Å². The third-order valence-corrected chi connectivity index (χ3v) is 2.66. The maximum absolute atomic E-state index is 11.7. The molecule has 0 aliphatic carbocycles. The van der Waals surface area contributed by atoms with Crippen LogP contribution >= 0.6 is 0 Å². The predicted octanol–water partition coefficient (Wildman–Crippen LogP) is 1.70. The Balaban J connectivity index is 2.04. The fourth-order valence-corrected chi connectivity index (χ4v) is 1.45. The molecular formula is C14H16N4O3. The van der Waals surface area contributed by atoms with Crippen LogP contribution < -0.4 is 0 Å². The second kappa shape index (κ2) is 5.82. The molecule has 21 heavy (non-hydrogen) atoms. The molecule has 2 heterocycles. The third kappa shape index (κ3) is 3.71. The summed E-state index contributed by atoms with van der Waals surface area (Å²) in [6.45, 7) is 5.33. The standard InChI is InChI=1S/C14H16N4O3/c1-14(2,3)13(20)21-9-18-7-12(16-17-18)11-5-4-10(8-19)6-15-11/h4-8H,9H2,1-3H3. The highest BCUT2D eigenvalue weighted by atomic mass is 16.5. The van der Waals surface area contributed by atoms with Gasteiger partial charge in [-0.05, 0) is 32.9 Å². The number of nitrogens with zero attached hydrogens (tertiary/aromatic N) is 4. The first kappa shape index (κ1) is 14.8. The first-order chi connectivity index (χ1) is 9.90. The van der Waals surface area contributed by atoms with Crippen molar-refractivity contribution in [1.29, 1.82) is 0 Å². The van der Waals surface area contributed by atoms with Gasteiger partial charge < -0.3 is 4.74 Å². The predicted molar refractivity (Wildman–Crippen MR) is 74.2 cm³/mol. The molecule has 0 saturated carbocycles. The van der Waals surface area contributed by atoms with Gasteiger partial charge in [-0.1, -0.05) is 5.21 Å². The Morgan fingerprint density at radius 1 is 1.33 bits per heavy atom. The molecule has 0 atom stereocenters. The van der Waals surface area contributed by atoms with Crippen LogP contribution in [0, 0.1) is 5.41 Å². The molecule has 0 unspecified atom stereocenters. The first-order valence-electron chi connectivity index (χ1n) is 6.39. The van der Waals surface area contributed by atoms with Crippen LogP contribution in [0.5, 0.6) is 0 Å². The molecule has 0 saturated heterocycles. The molecule has 0 fully saturated rings. The van der Waals surface area contributed by atoms with E-state index in [4.69, 9.17) is 4.74 Å². The zero-order chi connectivity index (χ0) is 15.5. The van der Waals surface area contributed by atoms with Crippen LogP contribution in [0.15, 0.2) is 24.5 Å². The van der Waals surface area contributed by atoms with Crippen molar-refractivity contribution < 1.29 is 14.3 Å². The van der Waals surface area contributed by atoms with Crippen molar-refractivity contribution in [3.05, 3.63) is 30.1 Å². The first-order valence-corrected chi connectivity index (χ1v) is 6.39. The van der Waals surface area contributed by atoms with Gasteiger partial charge >= 0.3 is 5.97 Å². The molecule has 0 aliphatic heterocycles. The van der Waals surface area contributed by atoms with Crippen LogP contribution in [0.3, 0.4) is 0 Å². The molecule has 7 heteroatoms. The lowest BCUT2D eigenvalue weighted by atomic mass is 9.98. The molecule has 110 valence electrons. The molecule has 0 aromatic carbocycles. The number of hydrogen-bond acceptors (Lipinski definition) is 6. The summed E-state index contributed by atoms with van der Waals surface area (Å²) in [5.41, 5.74) is 1.06. The highest BCUT2D eigenvalue weighted by Gasteiger charge is 2.23. The van der Waals surface area contributed by atoms with Gasteiger partial charge in [-0.2, -0.15) is 0 Å². The number of esters is 1. The molecular weight excluding hydrogens is 272 g/mol. The molecule has 7 nitrogen and oxygen atoms in total. The quantitative estimate of drug-likeness (QED) is 0.628. The lowest BCUT2D eigenvalue weighted by Crippen LogP contribution is -2.24. The van der Waals surface area contributed by atoms with Gasteiger partial charge in [0, 0.05) is 11.8 Å². The summed E-state index contributed by atoms with van der Waals surface area (Å²) in [4.78, 5) is 26.3. The number of carbonyl (C=O) groups excluding carboxylic acids is 2. The Morgan fingerprint density at radius 3 is 2.67 bits per heavy atom. The largest absolute Gasteiger partial charge is 0.442 e. The number of ether oxygens (including phenoxy) is 1. The maximum Gasteiger partial charge on any atom is 0.313 e. The van der Waals surface area contributed by atoms with Crippen molar-refractivity contribution in [2.45, 2.75) is 27.5 Å². The van der Waals surface area contributed by atoms with E-state index in [1.807, 2.05) is 0 Å². The van der Waals surface area contributed by atoms with Gasteiger partial charge in [0.25, 0.3) is 0 Å². The Bertz CT molecular complexity index is 641. The number of hydrogen-bond donors (Lipinski definition) is 0. The molecule has 0 spiro atoms. The van der Waals surface area contributed by atoms with Crippen molar-refractivity contribution in [3.8, 4) is 11.4 Å². The Labute approximate surface area is 121 Å². The maximum atomic E-state index is 11.7. The smallest absolute Gasteiger partial charge is 0.313 e. The Hall–Kier alpha value is -2.57. The van der Waals surface area contributed by atoms with Crippen LogP contribution in [0.2, 0.25) is 0 Å². The molecule has 2 rings (SSSR count). The van der Waals surface area contributed by atoms with Crippen LogP contribution in [0.1, 0.15) is 31.1 Å². The summed E-state index contributed by atoms with van der Waals surface area (Å²) in [5.74, 6) is -0.312. The molecule has 2 aromatic heterocycles. The second-order valence-electron chi connectivity index (χ2n) is 5.55. The fraction of sp³-hybridized carbons (Fsp3) is 0.357. The Kier molecular flexibility index (Phi) is 4.11. The molecule has 0 radical (unpaired) electrons. The van der Waals surface area contributed by atoms with E-state index in [2.05, 4.69) is 15.3 Å². The minimum atomic E-state index is -0.560. The fourth-order valence-electron chi connectivity index (χ4n) is 1.45. The molecule has 0 aliphatic rings. The highest BCUT2D eigenvalue weighted by Crippen LogP contribution is 2.16. The monoisotopic (exact) mass is 288 g/mol. The lowest BCUT2D eigenvalue weighted by Gasteiger charge is -2.15. The molecule has 0 bridgehead atoms. The van der Waals surface area contributed by atoms with E-state index in [0.29, 0.717) is 17.0 Å². The Morgan fingerprint density at radius 2 is 2.10 bits per heavy atom. The van der Waals surface area contributed by atoms with Crippen molar-refractivity contribution in [2.24, 2.45) is 5.41 Å². The number of carbonyl (C=O) groups is 2. The summed E-state index contributed by atoms with van der Waals surface area (Å²) in [6, 6.07) is 3.33. The minimum Gasteiger partial charge on any atom is -0.442 e. The molecule has 0 amide bonds. The van der Waals surface area contributed by atoms with Crippen LogP contribution in [0.4, 0.5) is 0 Å². The van der Waals surface area contributed by atoms with Crippen molar-refractivity contribution in [1.82, 2.24) is 20.0 Å². The summed E-state index contributed by atoms with van der Waals surface area (Å²) in [7, 11) is 0. The summed E-state index contributed by atoms with van der Waals surface area (Å²) in [5, 5.41) is 7.82. The van der Waals surface area contributed by atoms with E-state index in [1.54, 1.807) is 39.1 Å². The van der Waals surface area contributed by atoms with E-state index >= 15 is 0 Å². The highest BCUT2D eigenvalue weighted by molar-refractivity contribution is 5.75. The van der Waals surface area contributed by atoms with E-state index < -0.39 is 5.41 Å². The van der Waals surface area contributed by atoms with Crippen molar-refractivity contribution >= 4 is 12.3 Å².